The van der Waals surface area contributed by atoms with E-state index in [1.807, 2.05) is 0 Å². The van der Waals surface area contributed by atoms with Gasteiger partial charge in [0.15, 0.2) is 0 Å². The number of nitro groups is 1. The van der Waals surface area contributed by atoms with Crippen LogP contribution in [-0.4, -0.2) is 23.7 Å². The number of hydrogen-bond acceptors (Lipinski definition) is 5. The first kappa shape index (κ1) is 12.2. The molecule has 1 aromatic rings. The molecule has 1 aliphatic heterocycles. The Bertz CT molecular complexity index is 506. The van der Waals surface area contributed by atoms with Gasteiger partial charge >= 0.3 is 0 Å². The van der Waals surface area contributed by atoms with Crippen molar-refractivity contribution >= 4 is 17.1 Å². The van der Waals surface area contributed by atoms with Crippen molar-refractivity contribution in [2.24, 2.45) is 5.92 Å². The van der Waals surface area contributed by atoms with Crippen molar-refractivity contribution in [2.45, 2.75) is 31.4 Å². The van der Waals surface area contributed by atoms with Gasteiger partial charge < -0.3 is 15.8 Å². The van der Waals surface area contributed by atoms with Crippen LogP contribution in [0.2, 0.25) is 0 Å². The molecule has 1 saturated carbocycles. The molecule has 0 bridgehead atoms. The normalized spacial score (nSPS) is 29.2. The quantitative estimate of drug-likeness (QED) is 0.495. The summed E-state index contributed by atoms with van der Waals surface area (Å²) >= 11 is 0. The molecular weight excluding hydrogens is 246 g/mol. The summed E-state index contributed by atoms with van der Waals surface area (Å²) in [6.45, 7) is 0.840. The highest BCUT2D eigenvalue weighted by Crippen LogP contribution is 2.40. The summed E-state index contributed by atoms with van der Waals surface area (Å²) in [5, 5.41) is 14.3. The number of anilines is 2. The third-order valence-corrected chi connectivity index (χ3v) is 4.05. The monoisotopic (exact) mass is 263 g/mol. The van der Waals surface area contributed by atoms with Gasteiger partial charge in [0.25, 0.3) is 5.69 Å². The van der Waals surface area contributed by atoms with Crippen molar-refractivity contribution in [3.05, 3.63) is 28.3 Å². The molecule has 3 rings (SSSR count). The van der Waals surface area contributed by atoms with E-state index >= 15 is 0 Å². The first-order valence-corrected chi connectivity index (χ1v) is 6.57. The molecule has 2 fully saturated rings. The SMILES string of the molecule is Nc1ccc([N+](=O)[O-])c(N[C@@H]2C[C@H]3OCCC[C@H]23)c1. The van der Waals surface area contributed by atoms with E-state index in [1.54, 1.807) is 12.1 Å². The van der Waals surface area contributed by atoms with Crippen LogP contribution < -0.4 is 11.1 Å². The topological polar surface area (TPSA) is 90.4 Å². The van der Waals surface area contributed by atoms with Crippen molar-refractivity contribution in [3.8, 4) is 0 Å². The van der Waals surface area contributed by atoms with Gasteiger partial charge in [0.1, 0.15) is 5.69 Å². The summed E-state index contributed by atoms with van der Waals surface area (Å²) in [6, 6.07) is 4.89. The van der Waals surface area contributed by atoms with E-state index in [9.17, 15) is 10.1 Å². The van der Waals surface area contributed by atoms with Gasteiger partial charge in [-0.15, -0.1) is 0 Å². The third kappa shape index (κ3) is 2.23. The molecule has 102 valence electrons. The zero-order chi connectivity index (χ0) is 13.4. The molecule has 2 aliphatic rings. The van der Waals surface area contributed by atoms with Crippen LogP contribution in [0.4, 0.5) is 17.1 Å². The molecule has 0 radical (unpaired) electrons. The van der Waals surface area contributed by atoms with Crippen LogP contribution >= 0.6 is 0 Å². The lowest BCUT2D eigenvalue weighted by molar-refractivity contribution is -0.384. The molecule has 0 amide bonds. The summed E-state index contributed by atoms with van der Waals surface area (Å²) < 4.78 is 5.65. The number of ether oxygens (including phenoxy) is 1. The van der Waals surface area contributed by atoms with Crippen molar-refractivity contribution in [1.29, 1.82) is 0 Å². The number of fused-ring (bicyclic) bond motifs is 1. The van der Waals surface area contributed by atoms with Gasteiger partial charge in [-0.25, -0.2) is 0 Å². The van der Waals surface area contributed by atoms with Crippen LogP contribution in [0.3, 0.4) is 0 Å². The molecule has 6 nitrogen and oxygen atoms in total. The molecule has 0 unspecified atom stereocenters. The van der Waals surface area contributed by atoms with Crippen LogP contribution in [0.25, 0.3) is 0 Å². The second kappa shape index (κ2) is 4.70. The molecule has 1 heterocycles. The van der Waals surface area contributed by atoms with Crippen LogP contribution in [-0.2, 0) is 4.74 Å². The lowest BCUT2D eigenvalue weighted by Gasteiger charge is -2.47. The Morgan fingerprint density at radius 3 is 3.05 bits per heavy atom. The molecule has 1 saturated heterocycles. The molecule has 19 heavy (non-hydrogen) atoms. The fourth-order valence-corrected chi connectivity index (χ4v) is 2.99. The lowest BCUT2D eigenvalue weighted by Crippen LogP contribution is -2.53. The number of hydrogen-bond donors (Lipinski definition) is 2. The first-order valence-electron chi connectivity index (χ1n) is 6.57. The number of rotatable bonds is 3. The van der Waals surface area contributed by atoms with E-state index in [-0.39, 0.29) is 16.7 Å². The zero-order valence-corrected chi connectivity index (χ0v) is 10.5. The number of nitro benzene ring substituents is 1. The number of nitrogens with one attached hydrogen (secondary N) is 1. The van der Waals surface area contributed by atoms with Crippen molar-refractivity contribution in [2.75, 3.05) is 17.7 Å². The molecule has 3 atom stereocenters. The van der Waals surface area contributed by atoms with Crippen LogP contribution in [0.5, 0.6) is 0 Å². The fourth-order valence-electron chi connectivity index (χ4n) is 2.99. The zero-order valence-electron chi connectivity index (χ0n) is 10.5. The smallest absolute Gasteiger partial charge is 0.292 e. The average molecular weight is 263 g/mol. The summed E-state index contributed by atoms with van der Waals surface area (Å²) in [5.41, 5.74) is 6.83. The molecule has 6 heteroatoms. The molecule has 0 spiro atoms. The molecule has 1 aromatic carbocycles. The van der Waals surface area contributed by atoms with Gasteiger partial charge in [-0.3, -0.25) is 10.1 Å². The Morgan fingerprint density at radius 2 is 2.32 bits per heavy atom. The summed E-state index contributed by atoms with van der Waals surface area (Å²) in [5.74, 6) is 0.467. The van der Waals surface area contributed by atoms with Gasteiger partial charge in [0, 0.05) is 30.3 Å². The molecule has 1 aliphatic carbocycles. The van der Waals surface area contributed by atoms with Crippen LogP contribution in [0.15, 0.2) is 18.2 Å². The van der Waals surface area contributed by atoms with Gasteiger partial charge in [-0.2, -0.15) is 0 Å². The van der Waals surface area contributed by atoms with E-state index in [2.05, 4.69) is 5.32 Å². The molecule has 3 N–H and O–H groups in total. The number of nitrogens with zero attached hydrogens (tertiary/aromatic N) is 1. The third-order valence-electron chi connectivity index (χ3n) is 4.05. The standard InChI is InChI=1S/C13H17N3O3/c14-8-3-4-12(16(17)18)11(6-8)15-10-7-13-9(10)2-1-5-19-13/h3-4,6,9-10,13,15H,1-2,5,7,14H2/t9-,10-,13-/m1/s1. The van der Waals surface area contributed by atoms with Crippen molar-refractivity contribution < 1.29 is 9.66 Å². The maximum absolute atomic E-state index is 11.0. The Morgan fingerprint density at radius 1 is 1.47 bits per heavy atom. The highest BCUT2D eigenvalue weighted by Gasteiger charge is 2.43. The first-order chi connectivity index (χ1) is 9.15. The van der Waals surface area contributed by atoms with Gasteiger partial charge in [0.05, 0.1) is 11.0 Å². The minimum absolute atomic E-state index is 0.0781. The maximum atomic E-state index is 11.0. The highest BCUT2D eigenvalue weighted by atomic mass is 16.6. The second-order valence-electron chi connectivity index (χ2n) is 5.24. The Balaban J connectivity index is 1.76. The van der Waals surface area contributed by atoms with Crippen molar-refractivity contribution in [3.63, 3.8) is 0 Å². The Labute approximate surface area is 111 Å². The fraction of sp³-hybridized carbons (Fsp3) is 0.538. The minimum atomic E-state index is -0.380. The Kier molecular flexibility index (Phi) is 3.02. The second-order valence-corrected chi connectivity index (χ2v) is 5.24. The minimum Gasteiger partial charge on any atom is -0.399 e. The van der Waals surface area contributed by atoms with E-state index in [1.165, 1.54) is 6.07 Å². The van der Waals surface area contributed by atoms with E-state index in [0.29, 0.717) is 23.4 Å². The summed E-state index contributed by atoms with van der Waals surface area (Å²) in [7, 11) is 0. The summed E-state index contributed by atoms with van der Waals surface area (Å²) in [4.78, 5) is 10.6. The predicted molar refractivity (Wildman–Crippen MR) is 72.0 cm³/mol. The molecule has 0 aromatic heterocycles. The predicted octanol–water partition coefficient (Wildman–Crippen LogP) is 2.16. The van der Waals surface area contributed by atoms with Crippen molar-refractivity contribution in [1.82, 2.24) is 0 Å². The summed E-state index contributed by atoms with van der Waals surface area (Å²) in [6.07, 6.45) is 3.43. The maximum Gasteiger partial charge on any atom is 0.292 e. The van der Waals surface area contributed by atoms with Gasteiger partial charge in [-0.05, 0) is 31.4 Å². The lowest BCUT2D eigenvalue weighted by atomic mass is 9.72. The number of nitrogen functional groups attached to an aromatic ring is 1. The highest BCUT2D eigenvalue weighted by molar-refractivity contribution is 5.67. The number of benzene rings is 1. The Hall–Kier alpha value is -1.82. The molecular formula is C13H17N3O3. The van der Waals surface area contributed by atoms with E-state index < -0.39 is 0 Å². The van der Waals surface area contributed by atoms with Crippen LogP contribution in [0, 0.1) is 16.0 Å². The average Bonchev–Trinajstić information content (AvgIpc) is 2.35. The van der Waals surface area contributed by atoms with Crippen LogP contribution in [0.1, 0.15) is 19.3 Å². The van der Waals surface area contributed by atoms with E-state index in [4.69, 9.17) is 10.5 Å². The largest absolute Gasteiger partial charge is 0.399 e. The number of nitrogens with two attached hydrogens (primary N) is 1. The van der Waals surface area contributed by atoms with Gasteiger partial charge in [-0.1, -0.05) is 0 Å². The van der Waals surface area contributed by atoms with Gasteiger partial charge in [0.2, 0.25) is 0 Å². The van der Waals surface area contributed by atoms with E-state index in [0.717, 1.165) is 25.9 Å².